The van der Waals surface area contributed by atoms with E-state index in [2.05, 4.69) is 24.4 Å². The van der Waals surface area contributed by atoms with Crippen molar-refractivity contribution in [3.63, 3.8) is 0 Å². The van der Waals surface area contributed by atoms with E-state index in [1.165, 1.54) is 21.2 Å². The van der Waals surface area contributed by atoms with E-state index in [4.69, 9.17) is 17.3 Å². The largest absolute Gasteiger partial charge is 0.398 e. The lowest BCUT2D eigenvalue weighted by Crippen LogP contribution is -1.97. The van der Waals surface area contributed by atoms with Crippen LogP contribution in [0.1, 0.15) is 18.1 Å². The van der Waals surface area contributed by atoms with E-state index in [0.717, 1.165) is 12.1 Å². The van der Waals surface area contributed by atoms with Crippen molar-refractivity contribution in [1.29, 1.82) is 0 Å². The molecule has 0 amide bonds. The first-order valence-electron chi connectivity index (χ1n) is 4.61. The second kappa shape index (κ2) is 3.79. The summed E-state index contributed by atoms with van der Waals surface area (Å²) in [5.41, 5.74) is 9.25. The van der Waals surface area contributed by atoms with Crippen LogP contribution in [0, 0.1) is 0 Å². The highest BCUT2D eigenvalue weighted by Crippen LogP contribution is 2.32. The van der Waals surface area contributed by atoms with Gasteiger partial charge in [-0.3, -0.25) is 0 Å². The summed E-state index contributed by atoms with van der Waals surface area (Å²) < 4.78 is 1.23. The quantitative estimate of drug-likeness (QED) is 0.611. The summed E-state index contributed by atoms with van der Waals surface area (Å²) >= 11 is 7.68. The van der Waals surface area contributed by atoms with Crippen LogP contribution in [0.2, 0.25) is 0 Å². The lowest BCUT2D eigenvalue weighted by atomic mass is 10.0. The summed E-state index contributed by atoms with van der Waals surface area (Å²) in [6.45, 7) is 2.11. The number of benzene rings is 1. The Balaban J connectivity index is 2.82. The lowest BCUT2D eigenvalue weighted by molar-refractivity contribution is 1.12. The molecule has 2 N–H and O–H groups in total. The van der Waals surface area contributed by atoms with E-state index in [1.807, 2.05) is 0 Å². The first-order chi connectivity index (χ1) is 6.77. The van der Waals surface area contributed by atoms with Crippen molar-refractivity contribution in [3.05, 3.63) is 28.6 Å². The van der Waals surface area contributed by atoms with Crippen molar-refractivity contribution in [2.75, 3.05) is 5.73 Å². The van der Waals surface area contributed by atoms with Gasteiger partial charge in [0.15, 0.2) is 0 Å². The van der Waals surface area contributed by atoms with Crippen molar-refractivity contribution in [3.8, 4) is 0 Å². The van der Waals surface area contributed by atoms with Crippen LogP contribution in [0.15, 0.2) is 17.5 Å². The summed E-state index contributed by atoms with van der Waals surface area (Å²) in [5.74, 6) is 0.543. The van der Waals surface area contributed by atoms with Gasteiger partial charge in [0.05, 0.1) is 0 Å². The molecule has 0 aliphatic rings. The van der Waals surface area contributed by atoms with Gasteiger partial charge in [-0.25, -0.2) is 0 Å². The van der Waals surface area contributed by atoms with Gasteiger partial charge >= 0.3 is 0 Å². The first kappa shape index (κ1) is 9.81. The summed E-state index contributed by atoms with van der Waals surface area (Å²) in [6, 6.07) is 4.17. The molecule has 0 spiro atoms. The Morgan fingerprint density at radius 1 is 1.43 bits per heavy atom. The average molecular weight is 226 g/mol. The highest BCUT2D eigenvalue weighted by atomic mass is 35.5. The Hall–Kier alpha value is -0.730. The van der Waals surface area contributed by atoms with Gasteiger partial charge in [0.1, 0.15) is 0 Å². The third-order valence-corrected chi connectivity index (χ3v) is 3.64. The zero-order valence-corrected chi connectivity index (χ0v) is 9.58. The molecule has 1 heterocycles. The fourth-order valence-electron chi connectivity index (χ4n) is 1.82. The molecular weight excluding hydrogens is 214 g/mol. The van der Waals surface area contributed by atoms with Gasteiger partial charge in [0, 0.05) is 16.3 Å². The number of thiophene rings is 1. The molecule has 0 atom stereocenters. The van der Waals surface area contributed by atoms with Gasteiger partial charge in [0.2, 0.25) is 0 Å². The van der Waals surface area contributed by atoms with Gasteiger partial charge in [-0.1, -0.05) is 6.92 Å². The molecule has 0 saturated carbocycles. The predicted molar refractivity (Wildman–Crippen MR) is 65.2 cm³/mol. The van der Waals surface area contributed by atoms with Crippen LogP contribution >= 0.6 is 22.9 Å². The fourth-order valence-corrected chi connectivity index (χ4v) is 2.99. The smallest absolute Gasteiger partial charge is 0.0484 e. The molecule has 14 heavy (non-hydrogen) atoms. The zero-order chi connectivity index (χ0) is 10.1. The third kappa shape index (κ3) is 1.39. The fraction of sp³-hybridized carbons (Fsp3) is 0.273. The topological polar surface area (TPSA) is 26.0 Å². The van der Waals surface area contributed by atoms with Gasteiger partial charge < -0.3 is 5.73 Å². The van der Waals surface area contributed by atoms with E-state index in [-0.39, 0.29) is 0 Å². The monoisotopic (exact) mass is 225 g/mol. The third-order valence-electron chi connectivity index (χ3n) is 2.51. The summed E-state index contributed by atoms with van der Waals surface area (Å²) in [4.78, 5) is 0. The number of hydrogen-bond acceptors (Lipinski definition) is 2. The maximum atomic E-state index is 5.98. The molecule has 1 nitrogen and oxygen atoms in total. The zero-order valence-electron chi connectivity index (χ0n) is 8.01. The molecule has 74 valence electrons. The molecule has 0 aliphatic carbocycles. The summed E-state index contributed by atoms with van der Waals surface area (Å²) in [5, 5.41) is 3.34. The first-order valence-corrected chi connectivity index (χ1v) is 6.02. The molecule has 0 fully saturated rings. The number of nitrogens with two attached hydrogens (primary N) is 1. The minimum atomic E-state index is 0.543. The van der Waals surface area contributed by atoms with Crippen LogP contribution in [0.25, 0.3) is 10.1 Å². The molecular formula is C11H12ClNS. The van der Waals surface area contributed by atoms with Crippen LogP contribution in [-0.4, -0.2) is 0 Å². The SMILES string of the molecule is CCc1c(N)cc2sccc2c1CCl. The van der Waals surface area contributed by atoms with Gasteiger partial charge in [-0.05, 0) is 40.4 Å². The molecule has 1 aromatic carbocycles. The Kier molecular flexibility index (Phi) is 2.66. The number of hydrogen-bond donors (Lipinski definition) is 1. The maximum Gasteiger partial charge on any atom is 0.0484 e. The Labute approximate surface area is 92.5 Å². The lowest BCUT2D eigenvalue weighted by Gasteiger charge is -2.09. The average Bonchev–Trinajstić information content (AvgIpc) is 2.62. The number of halogens is 1. The summed E-state index contributed by atoms with van der Waals surface area (Å²) in [6.07, 6.45) is 0.944. The molecule has 0 aliphatic heterocycles. The van der Waals surface area contributed by atoms with Crippen molar-refractivity contribution in [1.82, 2.24) is 0 Å². The molecule has 0 unspecified atom stereocenters. The maximum absolute atomic E-state index is 5.98. The van der Waals surface area contributed by atoms with Crippen LogP contribution in [0.5, 0.6) is 0 Å². The number of alkyl halides is 1. The second-order valence-electron chi connectivity index (χ2n) is 3.24. The van der Waals surface area contributed by atoms with E-state index in [1.54, 1.807) is 11.3 Å². The van der Waals surface area contributed by atoms with Crippen LogP contribution in [0.3, 0.4) is 0 Å². The minimum absolute atomic E-state index is 0.543. The highest BCUT2D eigenvalue weighted by Gasteiger charge is 2.09. The molecule has 3 heteroatoms. The molecule has 1 aromatic heterocycles. The van der Waals surface area contributed by atoms with Gasteiger partial charge in [-0.15, -0.1) is 22.9 Å². The van der Waals surface area contributed by atoms with Crippen molar-refractivity contribution in [2.45, 2.75) is 19.2 Å². The summed E-state index contributed by atoms with van der Waals surface area (Å²) in [7, 11) is 0. The molecule has 2 rings (SSSR count). The Bertz CT molecular complexity index is 462. The van der Waals surface area contributed by atoms with Crippen molar-refractivity contribution in [2.24, 2.45) is 0 Å². The second-order valence-corrected chi connectivity index (χ2v) is 4.46. The number of anilines is 1. The van der Waals surface area contributed by atoms with Crippen LogP contribution in [0.4, 0.5) is 5.69 Å². The number of nitrogen functional groups attached to an aromatic ring is 1. The van der Waals surface area contributed by atoms with E-state index >= 15 is 0 Å². The molecule has 0 saturated heterocycles. The normalized spacial score (nSPS) is 11.0. The van der Waals surface area contributed by atoms with Crippen LogP contribution in [-0.2, 0) is 12.3 Å². The number of rotatable bonds is 2. The molecule has 0 radical (unpaired) electrons. The van der Waals surface area contributed by atoms with Crippen molar-refractivity contribution >= 4 is 38.7 Å². The van der Waals surface area contributed by atoms with Gasteiger partial charge in [0.25, 0.3) is 0 Å². The highest BCUT2D eigenvalue weighted by molar-refractivity contribution is 7.17. The van der Waals surface area contributed by atoms with E-state index in [0.29, 0.717) is 5.88 Å². The van der Waals surface area contributed by atoms with E-state index < -0.39 is 0 Å². The Morgan fingerprint density at radius 3 is 2.86 bits per heavy atom. The standard InChI is InChI=1S/C11H12ClNS/c1-2-7-9(6-12)8-3-4-14-11(8)5-10(7)13/h3-5H,2,6,13H2,1H3. The number of fused-ring (bicyclic) bond motifs is 1. The van der Waals surface area contributed by atoms with Gasteiger partial charge in [-0.2, -0.15) is 0 Å². The van der Waals surface area contributed by atoms with Crippen molar-refractivity contribution < 1.29 is 0 Å². The minimum Gasteiger partial charge on any atom is -0.398 e. The predicted octanol–water partition coefficient (Wildman–Crippen LogP) is 3.78. The van der Waals surface area contributed by atoms with Crippen LogP contribution < -0.4 is 5.73 Å². The molecule has 2 aromatic rings. The molecule has 0 bridgehead atoms. The van der Waals surface area contributed by atoms with E-state index in [9.17, 15) is 0 Å². The Morgan fingerprint density at radius 2 is 2.21 bits per heavy atom.